The molecule has 0 aromatic heterocycles. The third-order valence-electron chi connectivity index (χ3n) is 0.932. The fourth-order valence-corrected chi connectivity index (χ4v) is 0.359. The van der Waals surface area contributed by atoms with Gasteiger partial charge in [-0.05, 0) is 13.8 Å². The molecule has 0 rings (SSSR count). The number of hydrogen-bond acceptors (Lipinski definition) is 2. The van der Waals surface area contributed by atoms with Crippen LogP contribution in [0, 0.1) is 0 Å². The maximum atomic E-state index is 8.74. The summed E-state index contributed by atoms with van der Waals surface area (Å²) in [4.78, 5) is 0. The normalized spacial score (nSPS) is 16.8. The monoisotopic (exact) mass is 130 g/mol. The number of aliphatic hydroxyl groups excluding tert-OH is 1. The standard InChI is InChI=1S/C7H14O2/c1-4-7(3)9-5-6(2)8/h4,6-8H,1,5H2,2-3H3. The third kappa shape index (κ3) is 5.53. The first-order valence-electron chi connectivity index (χ1n) is 3.09. The molecule has 0 aliphatic heterocycles. The summed E-state index contributed by atoms with van der Waals surface area (Å²) in [6.07, 6.45) is 1.36. The molecule has 0 fully saturated rings. The van der Waals surface area contributed by atoms with E-state index in [0.29, 0.717) is 6.61 Å². The van der Waals surface area contributed by atoms with Crippen LogP contribution in [0.5, 0.6) is 0 Å². The van der Waals surface area contributed by atoms with Crippen molar-refractivity contribution in [3.63, 3.8) is 0 Å². The smallest absolute Gasteiger partial charge is 0.0745 e. The van der Waals surface area contributed by atoms with E-state index in [2.05, 4.69) is 6.58 Å². The summed E-state index contributed by atoms with van der Waals surface area (Å²) in [7, 11) is 0. The van der Waals surface area contributed by atoms with Gasteiger partial charge in [-0.2, -0.15) is 0 Å². The van der Waals surface area contributed by atoms with E-state index < -0.39 is 0 Å². The van der Waals surface area contributed by atoms with Crippen molar-refractivity contribution in [2.24, 2.45) is 0 Å². The summed E-state index contributed by atoms with van der Waals surface area (Å²) in [5, 5.41) is 8.74. The predicted molar refractivity (Wildman–Crippen MR) is 37.3 cm³/mol. The zero-order valence-corrected chi connectivity index (χ0v) is 6.00. The van der Waals surface area contributed by atoms with Gasteiger partial charge in [-0.15, -0.1) is 6.58 Å². The van der Waals surface area contributed by atoms with Gasteiger partial charge in [0.1, 0.15) is 0 Å². The highest BCUT2D eigenvalue weighted by molar-refractivity contribution is 4.75. The molecule has 0 saturated heterocycles. The minimum absolute atomic E-state index is 0.0413. The Labute approximate surface area is 56.1 Å². The third-order valence-corrected chi connectivity index (χ3v) is 0.932. The van der Waals surface area contributed by atoms with Gasteiger partial charge in [0, 0.05) is 0 Å². The first kappa shape index (κ1) is 8.66. The zero-order chi connectivity index (χ0) is 7.28. The second-order valence-corrected chi connectivity index (χ2v) is 2.12. The quantitative estimate of drug-likeness (QED) is 0.574. The lowest BCUT2D eigenvalue weighted by atomic mass is 10.4. The fraction of sp³-hybridized carbons (Fsp3) is 0.714. The van der Waals surface area contributed by atoms with Gasteiger partial charge in [0.05, 0.1) is 18.8 Å². The Morgan fingerprint density at radius 3 is 2.56 bits per heavy atom. The van der Waals surface area contributed by atoms with Gasteiger partial charge < -0.3 is 9.84 Å². The minimum Gasteiger partial charge on any atom is -0.391 e. The van der Waals surface area contributed by atoms with Crippen molar-refractivity contribution < 1.29 is 9.84 Å². The number of rotatable bonds is 4. The van der Waals surface area contributed by atoms with Gasteiger partial charge in [0.25, 0.3) is 0 Å². The lowest BCUT2D eigenvalue weighted by Gasteiger charge is -2.08. The molecule has 0 saturated carbocycles. The Bertz CT molecular complexity index is 79.0. The van der Waals surface area contributed by atoms with Crippen LogP contribution < -0.4 is 0 Å². The molecule has 0 aromatic carbocycles. The van der Waals surface area contributed by atoms with E-state index in [1.807, 2.05) is 6.92 Å². The Morgan fingerprint density at radius 1 is 1.67 bits per heavy atom. The number of aliphatic hydroxyl groups is 1. The first-order chi connectivity index (χ1) is 4.16. The average molecular weight is 130 g/mol. The predicted octanol–water partition coefficient (Wildman–Crippen LogP) is 0.958. The van der Waals surface area contributed by atoms with Crippen molar-refractivity contribution in [1.29, 1.82) is 0 Å². The maximum Gasteiger partial charge on any atom is 0.0745 e. The van der Waals surface area contributed by atoms with E-state index in [1.54, 1.807) is 13.0 Å². The molecular weight excluding hydrogens is 116 g/mol. The SMILES string of the molecule is C=CC(C)OCC(C)O. The highest BCUT2D eigenvalue weighted by atomic mass is 16.5. The molecule has 2 unspecified atom stereocenters. The summed E-state index contributed by atoms with van der Waals surface area (Å²) < 4.78 is 5.08. The second-order valence-electron chi connectivity index (χ2n) is 2.12. The van der Waals surface area contributed by atoms with Crippen molar-refractivity contribution in [3.05, 3.63) is 12.7 Å². The van der Waals surface area contributed by atoms with Gasteiger partial charge >= 0.3 is 0 Å². The van der Waals surface area contributed by atoms with Crippen molar-refractivity contribution in [2.45, 2.75) is 26.1 Å². The number of ether oxygens (including phenoxy) is 1. The molecule has 0 bridgehead atoms. The molecule has 2 heteroatoms. The molecule has 2 atom stereocenters. The summed E-state index contributed by atoms with van der Waals surface area (Å²) in [6.45, 7) is 7.49. The van der Waals surface area contributed by atoms with Crippen LogP contribution in [0.25, 0.3) is 0 Å². The molecular formula is C7H14O2. The molecule has 0 aromatic rings. The Hall–Kier alpha value is -0.340. The van der Waals surface area contributed by atoms with Gasteiger partial charge in [-0.1, -0.05) is 6.08 Å². The molecule has 54 valence electrons. The van der Waals surface area contributed by atoms with Crippen LogP contribution in [0.15, 0.2) is 12.7 Å². The second kappa shape index (κ2) is 4.53. The maximum absolute atomic E-state index is 8.74. The van der Waals surface area contributed by atoms with E-state index in [1.165, 1.54) is 0 Å². The lowest BCUT2D eigenvalue weighted by molar-refractivity contribution is 0.0248. The van der Waals surface area contributed by atoms with Crippen LogP contribution in [-0.2, 0) is 4.74 Å². The van der Waals surface area contributed by atoms with Crippen LogP contribution in [0.1, 0.15) is 13.8 Å². The van der Waals surface area contributed by atoms with Crippen molar-refractivity contribution in [3.8, 4) is 0 Å². The van der Waals surface area contributed by atoms with E-state index in [-0.39, 0.29) is 12.2 Å². The van der Waals surface area contributed by atoms with E-state index in [0.717, 1.165) is 0 Å². The van der Waals surface area contributed by atoms with Gasteiger partial charge in [-0.3, -0.25) is 0 Å². The van der Waals surface area contributed by atoms with Crippen molar-refractivity contribution >= 4 is 0 Å². The molecule has 0 heterocycles. The van der Waals surface area contributed by atoms with E-state index in [9.17, 15) is 0 Å². The van der Waals surface area contributed by atoms with E-state index in [4.69, 9.17) is 9.84 Å². The molecule has 1 N–H and O–H groups in total. The number of hydrogen-bond donors (Lipinski definition) is 1. The lowest BCUT2D eigenvalue weighted by Crippen LogP contribution is -2.15. The molecule has 0 spiro atoms. The van der Waals surface area contributed by atoms with Crippen molar-refractivity contribution in [1.82, 2.24) is 0 Å². The average Bonchev–Trinajstić information content (AvgIpc) is 1.83. The highest BCUT2D eigenvalue weighted by Gasteiger charge is 1.97. The first-order valence-corrected chi connectivity index (χ1v) is 3.09. The van der Waals surface area contributed by atoms with Crippen LogP contribution in [0.3, 0.4) is 0 Å². The molecule has 0 aliphatic carbocycles. The molecule has 0 aliphatic rings. The van der Waals surface area contributed by atoms with Gasteiger partial charge in [0.2, 0.25) is 0 Å². The Balaban J connectivity index is 3.16. The summed E-state index contributed by atoms with van der Waals surface area (Å²) >= 11 is 0. The molecule has 2 nitrogen and oxygen atoms in total. The van der Waals surface area contributed by atoms with Crippen LogP contribution in [0.2, 0.25) is 0 Å². The zero-order valence-electron chi connectivity index (χ0n) is 6.00. The highest BCUT2D eigenvalue weighted by Crippen LogP contribution is 1.92. The van der Waals surface area contributed by atoms with Crippen LogP contribution in [0.4, 0.5) is 0 Å². The summed E-state index contributed by atoms with van der Waals surface area (Å²) in [5.74, 6) is 0. The largest absolute Gasteiger partial charge is 0.391 e. The topological polar surface area (TPSA) is 29.5 Å². The summed E-state index contributed by atoms with van der Waals surface area (Å²) in [6, 6.07) is 0. The van der Waals surface area contributed by atoms with Gasteiger partial charge in [0.15, 0.2) is 0 Å². The van der Waals surface area contributed by atoms with Crippen LogP contribution in [-0.4, -0.2) is 23.9 Å². The van der Waals surface area contributed by atoms with Gasteiger partial charge in [-0.25, -0.2) is 0 Å². The minimum atomic E-state index is -0.382. The Morgan fingerprint density at radius 2 is 2.22 bits per heavy atom. The van der Waals surface area contributed by atoms with Crippen LogP contribution >= 0.6 is 0 Å². The van der Waals surface area contributed by atoms with Crippen molar-refractivity contribution in [2.75, 3.05) is 6.61 Å². The Kier molecular flexibility index (Phi) is 4.36. The fourth-order valence-electron chi connectivity index (χ4n) is 0.359. The summed E-state index contributed by atoms with van der Waals surface area (Å²) in [5.41, 5.74) is 0. The molecule has 0 amide bonds. The van der Waals surface area contributed by atoms with E-state index >= 15 is 0 Å². The molecule has 9 heavy (non-hydrogen) atoms. The molecule has 0 radical (unpaired) electrons.